The molecule has 0 spiro atoms. The Morgan fingerprint density at radius 1 is 1.00 bits per heavy atom. The Kier molecular flexibility index (Phi) is 7.29. The number of phenols is 1. The number of piperidine rings is 1. The van der Waals surface area contributed by atoms with Gasteiger partial charge in [0.2, 0.25) is 0 Å². The van der Waals surface area contributed by atoms with Gasteiger partial charge in [-0.05, 0) is 49.1 Å². The molecule has 0 atom stereocenters. The zero-order valence-corrected chi connectivity index (χ0v) is 15.9. The predicted octanol–water partition coefficient (Wildman–Crippen LogP) is 0.261. The number of ether oxygens (including phenoxy) is 1. The van der Waals surface area contributed by atoms with Crippen molar-refractivity contribution in [3.8, 4) is 11.5 Å². The fraction of sp³-hybridized carbons (Fsp3) is 0.400. The number of halogens is 1. The molecule has 1 saturated heterocycles. The molecular weight excluding hydrogens is 382 g/mol. The smallest absolute Gasteiger partial charge is 1.00 e. The van der Waals surface area contributed by atoms with Crippen LogP contribution in [-0.4, -0.2) is 41.4 Å². The van der Waals surface area contributed by atoms with Gasteiger partial charge in [0.15, 0.2) is 0 Å². The number of likely N-dealkylation sites (tertiary alicyclic amines) is 1. The molecule has 1 aliphatic heterocycles. The van der Waals surface area contributed by atoms with Gasteiger partial charge in [0, 0.05) is 19.6 Å². The Hall–Kier alpha value is -1.56. The van der Waals surface area contributed by atoms with E-state index in [1.165, 1.54) is 0 Å². The maximum atomic E-state index is 10.8. The first-order valence-electron chi connectivity index (χ1n) is 8.58. The Morgan fingerprint density at radius 2 is 1.64 bits per heavy atom. The van der Waals surface area contributed by atoms with Crippen LogP contribution < -0.4 is 21.7 Å². The second kappa shape index (κ2) is 9.22. The van der Waals surface area contributed by atoms with Gasteiger partial charge in [0.05, 0.1) is 12.2 Å². The molecule has 3 rings (SSSR count). The zero-order chi connectivity index (χ0) is 16.8. The Morgan fingerprint density at radius 3 is 2.28 bits per heavy atom. The van der Waals surface area contributed by atoms with E-state index in [2.05, 4.69) is 4.90 Å². The first-order valence-corrected chi connectivity index (χ1v) is 8.58. The van der Waals surface area contributed by atoms with Crippen LogP contribution in [0.2, 0.25) is 0 Å². The summed E-state index contributed by atoms with van der Waals surface area (Å²) in [6, 6.07) is 16.8. The lowest BCUT2D eigenvalue weighted by Crippen LogP contribution is -3.00. The monoisotopic (exact) mass is 407 g/mol. The maximum absolute atomic E-state index is 10.8. The van der Waals surface area contributed by atoms with Gasteiger partial charge >= 0.3 is 1.43 Å². The van der Waals surface area contributed by atoms with Crippen molar-refractivity contribution >= 4 is 0 Å². The number of benzene rings is 2. The van der Waals surface area contributed by atoms with E-state index >= 15 is 0 Å². The number of hydrogen-bond acceptors (Lipinski definition) is 4. The summed E-state index contributed by atoms with van der Waals surface area (Å²) >= 11 is 0. The van der Waals surface area contributed by atoms with E-state index in [1.807, 2.05) is 30.3 Å². The topological polar surface area (TPSA) is 52.9 Å². The van der Waals surface area contributed by atoms with Crippen molar-refractivity contribution in [3.05, 3.63) is 60.2 Å². The van der Waals surface area contributed by atoms with E-state index in [9.17, 15) is 10.2 Å². The number of aromatic hydroxyl groups is 1. The summed E-state index contributed by atoms with van der Waals surface area (Å²) in [5, 5.41) is 20.1. The molecule has 0 radical (unpaired) electrons. The van der Waals surface area contributed by atoms with Gasteiger partial charge in [-0.1, -0.05) is 30.3 Å². The highest BCUT2D eigenvalue weighted by atomic mass is 79.9. The number of rotatable bonds is 6. The van der Waals surface area contributed by atoms with Crippen molar-refractivity contribution in [2.75, 3.05) is 26.2 Å². The van der Waals surface area contributed by atoms with Crippen LogP contribution in [0.4, 0.5) is 0 Å². The molecule has 0 aliphatic carbocycles. The minimum Gasteiger partial charge on any atom is -1.00 e. The summed E-state index contributed by atoms with van der Waals surface area (Å²) in [5.41, 5.74) is 0.348. The molecule has 1 fully saturated rings. The molecule has 5 heteroatoms. The Balaban J connectivity index is 0.00000169. The number of hydrogen-bond donors (Lipinski definition) is 2. The van der Waals surface area contributed by atoms with E-state index in [-0.39, 0.29) is 24.2 Å². The molecular formula is C20H26BrNO3. The Bertz CT molecular complexity index is 631. The number of phenolic OH excluding ortho intramolecular Hbond substituents is 1. The SMILES string of the molecule is Oc1ccc(OCCCN2CCC(O)(c3ccccc3)CC2)cc1.[Br-].[H+]. The molecule has 1 heterocycles. The summed E-state index contributed by atoms with van der Waals surface area (Å²) in [5.74, 6) is 1.03. The van der Waals surface area contributed by atoms with Gasteiger partial charge in [-0.3, -0.25) is 0 Å². The lowest BCUT2D eigenvalue weighted by Gasteiger charge is -2.38. The van der Waals surface area contributed by atoms with Crippen molar-refractivity contribution in [3.63, 3.8) is 0 Å². The lowest BCUT2D eigenvalue weighted by atomic mass is 9.84. The van der Waals surface area contributed by atoms with Crippen molar-refractivity contribution in [1.82, 2.24) is 4.90 Å². The quantitative estimate of drug-likeness (QED) is 0.674. The average molecular weight is 408 g/mol. The summed E-state index contributed by atoms with van der Waals surface area (Å²) in [7, 11) is 0. The first kappa shape index (κ1) is 19.8. The molecule has 0 amide bonds. The molecule has 136 valence electrons. The minimum absolute atomic E-state index is 0. The van der Waals surface area contributed by atoms with Gasteiger partial charge in [-0.2, -0.15) is 0 Å². The van der Waals surface area contributed by atoms with Crippen LogP contribution in [0.5, 0.6) is 11.5 Å². The van der Waals surface area contributed by atoms with Crippen LogP contribution in [0.25, 0.3) is 0 Å². The van der Waals surface area contributed by atoms with Gasteiger partial charge < -0.3 is 36.8 Å². The lowest BCUT2D eigenvalue weighted by molar-refractivity contribution is -0.0265. The van der Waals surface area contributed by atoms with Crippen LogP contribution in [0.1, 0.15) is 26.3 Å². The molecule has 25 heavy (non-hydrogen) atoms. The summed E-state index contributed by atoms with van der Waals surface area (Å²) in [4.78, 5) is 2.39. The summed E-state index contributed by atoms with van der Waals surface area (Å²) in [6.07, 6.45) is 2.50. The molecule has 4 nitrogen and oxygen atoms in total. The third-order valence-electron chi connectivity index (χ3n) is 4.72. The molecule has 2 aromatic carbocycles. The minimum atomic E-state index is -0.680. The highest BCUT2D eigenvalue weighted by Gasteiger charge is 2.33. The van der Waals surface area contributed by atoms with Crippen molar-refractivity contribution in [2.24, 2.45) is 0 Å². The fourth-order valence-corrected chi connectivity index (χ4v) is 3.20. The normalized spacial score (nSPS) is 16.8. The molecule has 1 aliphatic rings. The standard InChI is InChI=1S/C20H25NO3.BrH/c22-18-7-9-19(10-8-18)24-16-4-13-21-14-11-20(23,12-15-21)17-5-2-1-3-6-17;/h1-3,5-10,22-23H,4,11-16H2;1H. The summed E-state index contributed by atoms with van der Waals surface area (Å²) in [6.45, 7) is 3.45. The van der Waals surface area contributed by atoms with Crippen molar-refractivity contribution in [1.29, 1.82) is 0 Å². The van der Waals surface area contributed by atoms with E-state index in [0.29, 0.717) is 6.61 Å². The third kappa shape index (κ3) is 5.46. The van der Waals surface area contributed by atoms with E-state index in [1.54, 1.807) is 24.3 Å². The van der Waals surface area contributed by atoms with Gasteiger partial charge in [-0.15, -0.1) is 0 Å². The van der Waals surface area contributed by atoms with Crippen LogP contribution in [0, 0.1) is 0 Å². The molecule has 0 unspecified atom stereocenters. The van der Waals surface area contributed by atoms with E-state index in [0.717, 1.165) is 50.2 Å². The molecule has 0 bridgehead atoms. The van der Waals surface area contributed by atoms with E-state index in [4.69, 9.17) is 4.74 Å². The highest BCUT2D eigenvalue weighted by Crippen LogP contribution is 2.32. The van der Waals surface area contributed by atoms with Gasteiger partial charge in [0.25, 0.3) is 0 Å². The van der Waals surface area contributed by atoms with Gasteiger partial charge in [-0.25, -0.2) is 0 Å². The largest absolute Gasteiger partial charge is 1.00 e. The van der Waals surface area contributed by atoms with Crippen LogP contribution in [-0.2, 0) is 5.60 Å². The van der Waals surface area contributed by atoms with Crippen LogP contribution in [0.3, 0.4) is 0 Å². The molecule has 2 N–H and O–H groups in total. The molecule has 2 aromatic rings. The van der Waals surface area contributed by atoms with Crippen LogP contribution >= 0.6 is 0 Å². The first-order chi connectivity index (χ1) is 11.7. The fourth-order valence-electron chi connectivity index (χ4n) is 3.20. The summed E-state index contributed by atoms with van der Waals surface area (Å²) < 4.78 is 5.68. The van der Waals surface area contributed by atoms with Crippen molar-refractivity contribution < 1.29 is 33.4 Å². The highest BCUT2D eigenvalue weighted by molar-refractivity contribution is 5.30. The van der Waals surface area contributed by atoms with E-state index < -0.39 is 5.60 Å². The predicted molar refractivity (Wildman–Crippen MR) is 95.3 cm³/mol. The van der Waals surface area contributed by atoms with Gasteiger partial charge in [0.1, 0.15) is 11.5 Å². The Labute approximate surface area is 161 Å². The second-order valence-electron chi connectivity index (χ2n) is 6.44. The van der Waals surface area contributed by atoms with Crippen LogP contribution in [0.15, 0.2) is 54.6 Å². The second-order valence-corrected chi connectivity index (χ2v) is 6.44. The van der Waals surface area contributed by atoms with Crippen molar-refractivity contribution in [2.45, 2.75) is 24.9 Å². The number of nitrogens with zero attached hydrogens (tertiary/aromatic N) is 1. The maximum Gasteiger partial charge on any atom is 1.00 e. The average Bonchev–Trinajstić information content (AvgIpc) is 2.63. The molecule has 0 saturated carbocycles. The zero-order valence-electron chi connectivity index (χ0n) is 15.3. The molecule has 0 aromatic heterocycles. The third-order valence-corrected chi connectivity index (χ3v) is 4.72. The number of aliphatic hydroxyl groups is 1.